The molecule has 1 unspecified atom stereocenters. The van der Waals surface area contributed by atoms with E-state index in [9.17, 15) is 40.9 Å². The van der Waals surface area contributed by atoms with Crippen molar-refractivity contribution in [2.24, 2.45) is 0 Å². The Balaban J connectivity index is 1.52. The van der Waals surface area contributed by atoms with Gasteiger partial charge in [0.1, 0.15) is 66.7 Å². The Morgan fingerprint density at radius 1 is 0.697 bits per heavy atom. The lowest BCUT2D eigenvalue weighted by atomic mass is 9.91. The van der Waals surface area contributed by atoms with Gasteiger partial charge in [0, 0.05) is 0 Å². The summed E-state index contributed by atoms with van der Waals surface area (Å²) in [6.45, 7) is -1.09. The van der Waals surface area contributed by atoms with Gasteiger partial charge in [-0.2, -0.15) is 0 Å². The molecule has 0 saturated carbocycles. The number of aliphatic hydroxyl groups is 8. The Bertz CT molecular complexity index is 923. The molecule has 1 aromatic carbocycles. The molecule has 13 heteroatoms. The zero-order valence-corrected chi connectivity index (χ0v) is 17.3. The zero-order valence-electron chi connectivity index (χ0n) is 17.3. The van der Waals surface area contributed by atoms with Crippen LogP contribution in [0.4, 0.5) is 0 Å². The fourth-order valence-corrected chi connectivity index (χ4v) is 4.07. The van der Waals surface area contributed by atoms with Crippen molar-refractivity contribution in [2.75, 3.05) is 13.2 Å². The average Bonchev–Trinajstić information content (AvgIpc) is 3.32. The van der Waals surface area contributed by atoms with E-state index in [0.717, 1.165) is 0 Å². The van der Waals surface area contributed by atoms with E-state index in [2.05, 4.69) is 10.3 Å². The molecule has 0 spiro atoms. The second-order valence-corrected chi connectivity index (χ2v) is 8.18. The minimum atomic E-state index is -1.54. The van der Waals surface area contributed by atoms with Crippen molar-refractivity contribution in [3.8, 4) is 5.69 Å². The van der Waals surface area contributed by atoms with Crippen LogP contribution in [0.5, 0.6) is 0 Å². The minimum Gasteiger partial charge on any atom is -0.394 e. The van der Waals surface area contributed by atoms with Gasteiger partial charge >= 0.3 is 0 Å². The van der Waals surface area contributed by atoms with E-state index in [1.165, 1.54) is 10.9 Å². The molecule has 13 nitrogen and oxygen atoms in total. The van der Waals surface area contributed by atoms with E-state index in [4.69, 9.17) is 9.47 Å². The molecule has 1 aromatic heterocycles. The summed E-state index contributed by atoms with van der Waals surface area (Å²) < 4.78 is 12.4. The van der Waals surface area contributed by atoms with Crippen molar-refractivity contribution < 1.29 is 50.3 Å². The maximum absolute atomic E-state index is 10.3. The number of ether oxygens (including phenoxy) is 2. The molecule has 182 valence electrons. The van der Waals surface area contributed by atoms with Gasteiger partial charge in [0.15, 0.2) is 0 Å². The summed E-state index contributed by atoms with van der Waals surface area (Å²) in [4.78, 5) is 0. The molecule has 33 heavy (non-hydrogen) atoms. The van der Waals surface area contributed by atoms with Crippen LogP contribution in [0.1, 0.15) is 23.5 Å². The Labute approximate surface area is 187 Å². The second-order valence-electron chi connectivity index (χ2n) is 8.18. The third-order valence-electron chi connectivity index (χ3n) is 6.07. The van der Waals surface area contributed by atoms with Crippen molar-refractivity contribution in [3.05, 3.63) is 41.7 Å². The lowest BCUT2D eigenvalue weighted by Gasteiger charge is -2.40. The summed E-state index contributed by atoms with van der Waals surface area (Å²) in [6.07, 6.45) is -11.6. The summed E-state index contributed by atoms with van der Waals surface area (Å²) in [6, 6.07) is 6.47. The van der Waals surface area contributed by atoms with Gasteiger partial charge in [-0.15, -0.1) is 5.10 Å². The van der Waals surface area contributed by atoms with Gasteiger partial charge in [-0.1, -0.05) is 17.3 Å². The number of aromatic nitrogens is 3. The van der Waals surface area contributed by atoms with E-state index in [1.54, 1.807) is 24.3 Å². The van der Waals surface area contributed by atoms with E-state index < -0.39 is 74.3 Å². The van der Waals surface area contributed by atoms with Crippen LogP contribution in [0.2, 0.25) is 0 Å². The molecule has 0 amide bonds. The molecule has 2 saturated heterocycles. The number of nitrogens with zero attached hydrogens (tertiary/aromatic N) is 3. The van der Waals surface area contributed by atoms with Gasteiger partial charge in [-0.25, -0.2) is 4.68 Å². The summed E-state index contributed by atoms with van der Waals surface area (Å²) in [7, 11) is 0. The summed E-state index contributed by atoms with van der Waals surface area (Å²) in [5, 5.41) is 86.9. The van der Waals surface area contributed by atoms with Gasteiger partial charge < -0.3 is 50.3 Å². The van der Waals surface area contributed by atoms with Crippen LogP contribution in [0.3, 0.4) is 0 Å². The fourth-order valence-electron chi connectivity index (χ4n) is 4.07. The predicted molar refractivity (Wildman–Crippen MR) is 107 cm³/mol. The minimum absolute atomic E-state index is 0.171. The molecule has 8 N–H and O–H groups in total. The smallest absolute Gasteiger partial charge is 0.132 e. The molecular weight excluding hydrogens is 442 g/mol. The highest BCUT2D eigenvalue weighted by molar-refractivity contribution is 5.35. The number of benzene rings is 1. The van der Waals surface area contributed by atoms with Gasteiger partial charge in [0.25, 0.3) is 0 Å². The average molecular weight is 469 g/mol. The SMILES string of the molecule is OC[C@H]1O[C@H](c2cn(-c3ccc(C4O[C@H](CO)[C@@H](O)[C@H](O)[C@@H]4O)cc3)nn2)[C@@H](O)[C@@H](O)[C@@H]1O. The highest BCUT2D eigenvalue weighted by atomic mass is 16.6. The Kier molecular flexibility index (Phi) is 7.07. The highest BCUT2D eigenvalue weighted by Crippen LogP contribution is 2.33. The quantitative estimate of drug-likeness (QED) is 0.213. The van der Waals surface area contributed by atoms with Gasteiger partial charge in [-0.05, 0) is 17.7 Å². The number of rotatable bonds is 5. The van der Waals surface area contributed by atoms with Crippen molar-refractivity contribution >= 4 is 0 Å². The standard InChI is InChI=1S/C20H27N3O10/c24-6-11-13(26)15(28)17(30)19(32-11)8-1-3-9(4-2-8)23-5-10(21-22-23)20-18(31)16(29)14(27)12(7-25)33-20/h1-5,11-20,24-31H,6-7H2/t11-,12-,13-,14-,15+,16+,17+,18+,19?,20-/m1/s1. The summed E-state index contributed by atoms with van der Waals surface area (Å²) >= 11 is 0. The van der Waals surface area contributed by atoms with E-state index >= 15 is 0 Å². The first kappa shape index (κ1) is 24.1. The molecule has 0 aliphatic carbocycles. The first-order chi connectivity index (χ1) is 15.8. The largest absolute Gasteiger partial charge is 0.394 e. The van der Waals surface area contributed by atoms with Crippen molar-refractivity contribution in [1.29, 1.82) is 0 Å². The molecule has 0 radical (unpaired) electrons. The van der Waals surface area contributed by atoms with Gasteiger partial charge in [-0.3, -0.25) is 0 Å². The fraction of sp³-hybridized carbons (Fsp3) is 0.600. The van der Waals surface area contributed by atoms with Crippen LogP contribution in [0, 0.1) is 0 Å². The molecule has 2 aliphatic heterocycles. The predicted octanol–water partition coefficient (Wildman–Crippen LogP) is -3.70. The second kappa shape index (κ2) is 9.68. The first-order valence-electron chi connectivity index (χ1n) is 10.4. The van der Waals surface area contributed by atoms with E-state index in [0.29, 0.717) is 11.3 Å². The van der Waals surface area contributed by atoms with Gasteiger partial charge in [0.05, 0.1) is 25.1 Å². The monoisotopic (exact) mass is 469 g/mol. The number of aliphatic hydroxyl groups excluding tert-OH is 8. The molecular formula is C20H27N3O10. The van der Waals surface area contributed by atoms with E-state index in [1.807, 2.05) is 0 Å². The lowest BCUT2D eigenvalue weighted by Crippen LogP contribution is -2.55. The Hall–Kier alpha value is -2.04. The van der Waals surface area contributed by atoms with Crippen LogP contribution < -0.4 is 0 Å². The lowest BCUT2D eigenvalue weighted by molar-refractivity contribution is -0.232. The van der Waals surface area contributed by atoms with Crippen LogP contribution >= 0.6 is 0 Å². The molecule has 2 aromatic rings. The first-order valence-corrected chi connectivity index (χ1v) is 10.4. The zero-order chi connectivity index (χ0) is 23.9. The molecule has 3 heterocycles. The van der Waals surface area contributed by atoms with Crippen molar-refractivity contribution in [3.63, 3.8) is 0 Å². The normalized spacial score (nSPS) is 39.5. The van der Waals surface area contributed by atoms with Crippen LogP contribution in [-0.2, 0) is 9.47 Å². The number of hydrogen-bond donors (Lipinski definition) is 8. The summed E-state index contributed by atoms with van der Waals surface area (Å²) in [5.74, 6) is 0. The van der Waals surface area contributed by atoms with E-state index in [-0.39, 0.29) is 5.69 Å². The third-order valence-corrected chi connectivity index (χ3v) is 6.07. The maximum Gasteiger partial charge on any atom is 0.132 e. The Morgan fingerprint density at radius 2 is 1.21 bits per heavy atom. The third kappa shape index (κ3) is 4.40. The highest BCUT2D eigenvalue weighted by Gasteiger charge is 2.45. The van der Waals surface area contributed by atoms with Crippen molar-refractivity contribution in [1.82, 2.24) is 15.0 Å². The molecule has 2 aliphatic rings. The molecule has 0 bridgehead atoms. The topological polar surface area (TPSA) is 211 Å². The number of hydrogen-bond acceptors (Lipinski definition) is 12. The summed E-state index contributed by atoms with van der Waals surface area (Å²) in [5.41, 5.74) is 1.20. The molecule has 4 rings (SSSR count). The van der Waals surface area contributed by atoms with Crippen LogP contribution in [0.25, 0.3) is 5.69 Å². The van der Waals surface area contributed by atoms with Crippen molar-refractivity contribution in [2.45, 2.75) is 61.0 Å². The van der Waals surface area contributed by atoms with Crippen LogP contribution in [-0.4, -0.2) is 118 Å². The Morgan fingerprint density at radius 3 is 1.76 bits per heavy atom. The molecule has 10 atom stereocenters. The van der Waals surface area contributed by atoms with Crippen LogP contribution in [0.15, 0.2) is 30.5 Å². The molecule has 2 fully saturated rings. The van der Waals surface area contributed by atoms with Gasteiger partial charge in [0.2, 0.25) is 0 Å². The maximum atomic E-state index is 10.3.